The van der Waals surface area contributed by atoms with Crippen LogP contribution in [0.2, 0.25) is 0 Å². The third kappa shape index (κ3) is 2.03. The van der Waals surface area contributed by atoms with Gasteiger partial charge >= 0.3 is 18.0 Å². The van der Waals surface area contributed by atoms with E-state index >= 15 is 0 Å². The first-order valence-corrected chi connectivity index (χ1v) is 5.01. The van der Waals surface area contributed by atoms with E-state index in [9.17, 15) is 14.4 Å². The van der Waals surface area contributed by atoms with Crippen molar-refractivity contribution < 1.29 is 29.7 Å². The predicted octanol–water partition coefficient (Wildman–Crippen LogP) is -0.744. The van der Waals surface area contributed by atoms with Crippen molar-refractivity contribution in [3.05, 3.63) is 0 Å². The summed E-state index contributed by atoms with van der Waals surface area (Å²) in [6, 6.07) is -0.238. The first kappa shape index (κ1) is 13.2. The fourth-order valence-electron chi connectivity index (χ4n) is 2.00. The standard InChI is InChI=1S/C9H14N2O6/c1-10-5-2-3-9(6(12)13,7(14)15)11(4-5)8(16)17/h5,10H,2-4H2,1H3,(H,12,13)(H,14,15)(H,16,17). The molecule has 8 heteroatoms. The van der Waals surface area contributed by atoms with Crippen LogP contribution in [0.3, 0.4) is 0 Å². The van der Waals surface area contributed by atoms with Crippen LogP contribution < -0.4 is 5.32 Å². The van der Waals surface area contributed by atoms with Crippen molar-refractivity contribution in [1.29, 1.82) is 0 Å². The quantitative estimate of drug-likeness (QED) is 0.483. The van der Waals surface area contributed by atoms with Gasteiger partial charge in [0, 0.05) is 12.6 Å². The van der Waals surface area contributed by atoms with E-state index in [1.807, 2.05) is 0 Å². The van der Waals surface area contributed by atoms with Crippen molar-refractivity contribution >= 4 is 18.0 Å². The summed E-state index contributed by atoms with van der Waals surface area (Å²) >= 11 is 0. The summed E-state index contributed by atoms with van der Waals surface area (Å²) in [6.45, 7) is -0.162. The van der Waals surface area contributed by atoms with Crippen LogP contribution in [0.15, 0.2) is 0 Å². The highest BCUT2D eigenvalue weighted by molar-refractivity contribution is 6.05. The summed E-state index contributed by atoms with van der Waals surface area (Å²) in [5.41, 5.74) is -2.38. The number of piperidine rings is 1. The summed E-state index contributed by atoms with van der Waals surface area (Å²) < 4.78 is 0. The van der Waals surface area contributed by atoms with E-state index in [-0.39, 0.29) is 19.0 Å². The van der Waals surface area contributed by atoms with E-state index in [1.165, 1.54) is 0 Å². The number of amides is 1. The van der Waals surface area contributed by atoms with Crippen molar-refractivity contribution in [2.45, 2.75) is 24.4 Å². The second-order valence-corrected chi connectivity index (χ2v) is 3.89. The fraction of sp³-hybridized carbons (Fsp3) is 0.667. The number of nitrogens with zero attached hydrogens (tertiary/aromatic N) is 1. The molecule has 0 aromatic rings. The van der Waals surface area contributed by atoms with Gasteiger partial charge in [-0.1, -0.05) is 0 Å². The molecule has 1 aliphatic heterocycles. The summed E-state index contributed by atoms with van der Waals surface area (Å²) in [5.74, 6) is -3.30. The maximum atomic E-state index is 11.1. The van der Waals surface area contributed by atoms with Crippen LogP contribution in [0.25, 0.3) is 0 Å². The van der Waals surface area contributed by atoms with Crippen LogP contribution in [-0.4, -0.2) is 63.4 Å². The van der Waals surface area contributed by atoms with Gasteiger partial charge in [0.25, 0.3) is 0 Å². The lowest BCUT2D eigenvalue weighted by Crippen LogP contribution is -2.67. The highest BCUT2D eigenvalue weighted by atomic mass is 16.4. The molecule has 1 amide bonds. The van der Waals surface area contributed by atoms with Gasteiger partial charge in [0.2, 0.25) is 5.54 Å². The van der Waals surface area contributed by atoms with Gasteiger partial charge in [0.15, 0.2) is 0 Å². The maximum Gasteiger partial charge on any atom is 0.408 e. The molecular formula is C9H14N2O6. The van der Waals surface area contributed by atoms with Gasteiger partial charge in [0.1, 0.15) is 0 Å². The lowest BCUT2D eigenvalue weighted by molar-refractivity contribution is -0.169. The number of likely N-dealkylation sites (N-methyl/N-ethyl adjacent to an activating group) is 1. The molecule has 1 unspecified atom stereocenters. The summed E-state index contributed by atoms with van der Waals surface area (Å²) in [4.78, 5) is 33.7. The number of carbonyl (C=O) groups is 3. The smallest absolute Gasteiger partial charge is 0.408 e. The Balaban J connectivity index is 3.15. The molecule has 1 fully saturated rings. The number of rotatable bonds is 3. The molecule has 1 heterocycles. The minimum atomic E-state index is -2.38. The van der Waals surface area contributed by atoms with Gasteiger partial charge in [-0.3, -0.25) is 4.90 Å². The Morgan fingerprint density at radius 2 is 1.76 bits per heavy atom. The monoisotopic (exact) mass is 246 g/mol. The van der Waals surface area contributed by atoms with Crippen molar-refractivity contribution in [3.8, 4) is 0 Å². The van der Waals surface area contributed by atoms with Crippen LogP contribution in [0, 0.1) is 0 Å². The largest absolute Gasteiger partial charge is 0.479 e. The third-order valence-corrected chi connectivity index (χ3v) is 3.07. The molecule has 0 spiro atoms. The minimum absolute atomic E-state index is 0.162. The van der Waals surface area contributed by atoms with Gasteiger partial charge < -0.3 is 20.6 Å². The number of likely N-dealkylation sites (tertiary alicyclic amines) is 1. The number of nitrogens with one attached hydrogen (secondary N) is 1. The van der Waals surface area contributed by atoms with Crippen LogP contribution in [0.5, 0.6) is 0 Å². The Morgan fingerprint density at radius 1 is 1.24 bits per heavy atom. The zero-order valence-corrected chi connectivity index (χ0v) is 9.21. The average molecular weight is 246 g/mol. The summed E-state index contributed by atoms with van der Waals surface area (Å²) in [6.07, 6.45) is -1.51. The van der Waals surface area contributed by atoms with Crippen LogP contribution in [0.1, 0.15) is 12.8 Å². The topological polar surface area (TPSA) is 127 Å². The molecule has 17 heavy (non-hydrogen) atoms. The second-order valence-electron chi connectivity index (χ2n) is 3.89. The maximum absolute atomic E-state index is 11.1. The average Bonchev–Trinajstić information content (AvgIpc) is 2.27. The molecule has 1 atom stereocenters. The molecule has 1 saturated heterocycles. The number of carboxylic acid groups (broad SMARTS) is 3. The molecule has 1 rings (SSSR count). The molecule has 0 aromatic carbocycles. The molecule has 96 valence electrons. The molecule has 4 N–H and O–H groups in total. The minimum Gasteiger partial charge on any atom is -0.479 e. The molecular weight excluding hydrogens is 232 g/mol. The molecule has 0 radical (unpaired) electrons. The van der Waals surface area contributed by atoms with Crippen molar-refractivity contribution in [3.63, 3.8) is 0 Å². The zero-order valence-electron chi connectivity index (χ0n) is 9.21. The van der Waals surface area contributed by atoms with E-state index in [1.54, 1.807) is 7.05 Å². The predicted molar refractivity (Wildman–Crippen MR) is 54.8 cm³/mol. The zero-order chi connectivity index (χ0) is 13.2. The van der Waals surface area contributed by atoms with Crippen LogP contribution >= 0.6 is 0 Å². The van der Waals surface area contributed by atoms with E-state index in [2.05, 4.69) is 5.32 Å². The first-order chi connectivity index (χ1) is 7.86. The Labute approximate surface area is 96.8 Å². The number of hydrogen-bond donors (Lipinski definition) is 4. The van der Waals surface area contributed by atoms with E-state index in [0.717, 1.165) is 0 Å². The van der Waals surface area contributed by atoms with E-state index in [0.29, 0.717) is 11.3 Å². The third-order valence-electron chi connectivity index (χ3n) is 3.07. The van der Waals surface area contributed by atoms with Crippen molar-refractivity contribution in [2.75, 3.05) is 13.6 Å². The molecule has 1 aliphatic rings. The number of carboxylic acids is 2. The van der Waals surface area contributed by atoms with Gasteiger partial charge in [0.05, 0.1) is 0 Å². The van der Waals surface area contributed by atoms with Crippen molar-refractivity contribution in [2.24, 2.45) is 0 Å². The Bertz CT molecular complexity index is 341. The van der Waals surface area contributed by atoms with Crippen LogP contribution in [0.4, 0.5) is 4.79 Å². The SMILES string of the molecule is CNC1CCC(C(=O)O)(C(=O)O)N(C(=O)O)C1. The molecule has 0 bridgehead atoms. The summed E-state index contributed by atoms with van der Waals surface area (Å²) in [5, 5.41) is 29.8. The molecule has 8 nitrogen and oxygen atoms in total. The fourth-order valence-corrected chi connectivity index (χ4v) is 2.00. The highest BCUT2D eigenvalue weighted by Crippen LogP contribution is 2.29. The molecule has 0 aromatic heterocycles. The Kier molecular flexibility index (Phi) is 3.56. The Hall–Kier alpha value is -1.83. The van der Waals surface area contributed by atoms with Gasteiger partial charge in [-0.2, -0.15) is 0 Å². The van der Waals surface area contributed by atoms with E-state index in [4.69, 9.17) is 15.3 Å². The number of hydrogen-bond acceptors (Lipinski definition) is 4. The number of aliphatic carboxylic acids is 2. The van der Waals surface area contributed by atoms with Gasteiger partial charge in [-0.15, -0.1) is 0 Å². The normalized spacial score (nSPS) is 23.1. The highest BCUT2D eigenvalue weighted by Gasteiger charge is 2.56. The van der Waals surface area contributed by atoms with Gasteiger partial charge in [-0.05, 0) is 19.9 Å². The second kappa shape index (κ2) is 4.58. The van der Waals surface area contributed by atoms with Crippen molar-refractivity contribution in [1.82, 2.24) is 10.2 Å². The molecule has 0 aliphatic carbocycles. The first-order valence-electron chi connectivity index (χ1n) is 5.01. The lowest BCUT2D eigenvalue weighted by Gasteiger charge is -2.42. The lowest BCUT2D eigenvalue weighted by atomic mass is 9.85. The van der Waals surface area contributed by atoms with Gasteiger partial charge in [-0.25, -0.2) is 14.4 Å². The summed E-state index contributed by atoms with van der Waals surface area (Å²) in [7, 11) is 1.61. The molecule has 0 saturated carbocycles. The Morgan fingerprint density at radius 3 is 2.12 bits per heavy atom. The van der Waals surface area contributed by atoms with E-state index < -0.39 is 23.6 Å². The van der Waals surface area contributed by atoms with Crippen LogP contribution in [-0.2, 0) is 9.59 Å².